The van der Waals surface area contributed by atoms with Crippen LogP contribution in [0.4, 0.5) is 11.6 Å². The number of aromatic amines is 1. The molecule has 0 saturated carbocycles. The average molecular weight is 149 g/mol. The Morgan fingerprint density at radius 2 is 2.18 bits per heavy atom. The molecule has 2 aromatic heterocycles. The van der Waals surface area contributed by atoms with Gasteiger partial charge in [0.05, 0.1) is 11.1 Å². The van der Waals surface area contributed by atoms with Crippen LogP contribution in [0.2, 0.25) is 0 Å². The number of rotatable bonds is 0. The van der Waals surface area contributed by atoms with Gasteiger partial charge < -0.3 is 16.5 Å². The second-order valence-electron chi connectivity index (χ2n) is 2.23. The van der Waals surface area contributed by atoms with Crippen molar-refractivity contribution in [2.45, 2.75) is 0 Å². The smallest absolute Gasteiger partial charge is 0.221 e. The first-order valence-corrected chi connectivity index (χ1v) is 3.12. The summed E-state index contributed by atoms with van der Waals surface area (Å²) in [4.78, 5) is 10.6. The van der Waals surface area contributed by atoms with Crippen molar-refractivity contribution in [3.05, 3.63) is 12.4 Å². The molecule has 56 valence electrons. The molecule has 0 aliphatic heterocycles. The number of nitrogens with two attached hydrogens (primary N) is 2. The molecule has 0 bridgehead atoms. The third kappa shape index (κ3) is 0.778. The molecule has 0 radical (unpaired) electrons. The molecule has 5 N–H and O–H groups in total. The number of hydrogen-bond donors (Lipinski definition) is 3. The highest BCUT2D eigenvalue weighted by molar-refractivity contribution is 5.88. The summed E-state index contributed by atoms with van der Waals surface area (Å²) in [6.07, 6.45) is 3.27. The number of fused-ring (bicyclic) bond motifs is 1. The molecular weight excluding hydrogens is 142 g/mol. The van der Waals surface area contributed by atoms with Crippen molar-refractivity contribution in [1.29, 1.82) is 0 Å². The van der Waals surface area contributed by atoms with Crippen LogP contribution in [-0.2, 0) is 0 Å². The van der Waals surface area contributed by atoms with E-state index in [0.29, 0.717) is 11.3 Å². The van der Waals surface area contributed by atoms with Crippen LogP contribution >= 0.6 is 0 Å². The fourth-order valence-corrected chi connectivity index (χ4v) is 0.941. The van der Waals surface area contributed by atoms with Crippen LogP contribution in [0, 0.1) is 0 Å². The molecule has 0 fully saturated rings. The number of nitrogen functional groups attached to an aromatic ring is 2. The zero-order chi connectivity index (χ0) is 7.84. The van der Waals surface area contributed by atoms with E-state index in [-0.39, 0.29) is 5.95 Å². The molecule has 5 nitrogen and oxygen atoms in total. The van der Waals surface area contributed by atoms with E-state index in [0.717, 1.165) is 5.39 Å². The Morgan fingerprint density at radius 1 is 1.36 bits per heavy atom. The summed E-state index contributed by atoms with van der Waals surface area (Å²) in [6.45, 7) is 0. The highest BCUT2D eigenvalue weighted by Crippen LogP contribution is 2.16. The molecule has 0 aliphatic carbocycles. The van der Waals surface area contributed by atoms with Crippen molar-refractivity contribution >= 4 is 22.7 Å². The van der Waals surface area contributed by atoms with E-state index in [2.05, 4.69) is 15.0 Å². The molecule has 0 amide bonds. The number of hydrogen-bond acceptors (Lipinski definition) is 4. The monoisotopic (exact) mass is 149 g/mol. The van der Waals surface area contributed by atoms with Crippen LogP contribution in [0.5, 0.6) is 0 Å². The van der Waals surface area contributed by atoms with Crippen LogP contribution in [0.15, 0.2) is 12.4 Å². The molecule has 5 heteroatoms. The van der Waals surface area contributed by atoms with Gasteiger partial charge in [-0.2, -0.15) is 4.98 Å². The Balaban J connectivity index is 2.86. The minimum atomic E-state index is 0.249. The Morgan fingerprint density at radius 3 is 3.00 bits per heavy atom. The van der Waals surface area contributed by atoms with E-state index in [9.17, 15) is 0 Å². The first-order chi connectivity index (χ1) is 5.27. The lowest BCUT2D eigenvalue weighted by atomic mass is 10.4. The van der Waals surface area contributed by atoms with Gasteiger partial charge in [0, 0.05) is 12.4 Å². The number of nitrogens with one attached hydrogen (secondary N) is 1. The fourth-order valence-electron chi connectivity index (χ4n) is 0.941. The van der Waals surface area contributed by atoms with Crippen LogP contribution in [0.3, 0.4) is 0 Å². The molecule has 0 aliphatic rings. The summed E-state index contributed by atoms with van der Waals surface area (Å²) in [7, 11) is 0. The highest BCUT2D eigenvalue weighted by Gasteiger charge is 2.00. The van der Waals surface area contributed by atoms with E-state index in [1.54, 1.807) is 12.4 Å². The molecule has 0 spiro atoms. The maximum absolute atomic E-state index is 5.57. The lowest BCUT2D eigenvalue weighted by Gasteiger charge is -1.90. The standard InChI is InChI=1S/C6H7N5/c7-4-2-9-5-3(4)1-10-6(8)11-5/h1-2H,7H2,(H3,8,9,10,11). The second-order valence-corrected chi connectivity index (χ2v) is 2.23. The summed E-state index contributed by atoms with van der Waals surface area (Å²) < 4.78 is 0. The summed E-state index contributed by atoms with van der Waals surface area (Å²) in [5, 5.41) is 0.805. The van der Waals surface area contributed by atoms with Crippen LogP contribution in [0.1, 0.15) is 0 Å². The van der Waals surface area contributed by atoms with Crippen LogP contribution in [-0.4, -0.2) is 15.0 Å². The third-order valence-electron chi connectivity index (χ3n) is 1.48. The van der Waals surface area contributed by atoms with E-state index in [4.69, 9.17) is 11.5 Å². The molecule has 0 unspecified atom stereocenters. The predicted octanol–water partition coefficient (Wildman–Crippen LogP) is 0.122. The van der Waals surface area contributed by atoms with Gasteiger partial charge in [-0.05, 0) is 0 Å². The maximum atomic E-state index is 5.57. The molecule has 2 rings (SSSR count). The van der Waals surface area contributed by atoms with Gasteiger partial charge in [0.25, 0.3) is 0 Å². The molecule has 11 heavy (non-hydrogen) atoms. The summed E-state index contributed by atoms with van der Waals surface area (Å²) >= 11 is 0. The van der Waals surface area contributed by atoms with Crippen molar-refractivity contribution in [2.24, 2.45) is 0 Å². The summed E-state index contributed by atoms with van der Waals surface area (Å²) in [6, 6.07) is 0. The molecule has 0 saturated heterocycles. The van der Waals surface area contributed by atoms with Crippen molar-refractivity contribution in [2.75, 3.05) is 11.5 Å². The number of H-pyrrole nitrogens is 1. The Bertz CT molecular complexity index is 391. The largest absolute Gasteiger partial charge is 0.397 e. The number of aromatic nitrogens is 3. The molecule has 2 heterocycles. The van der Waals surface area contributed by atoms with Crippen LogP contribution in [0.25, 0.3) is 11.0 Å². The third-order valence-corrected chi connectivity index (χ3v) is 1.48. The zero-order valence-corrected chi connectivity index (χ0v) is 5.70. The van der Waals surface area contributed by atoms with Gasteiger partial charge >= 0.3 is 0 Å². The first-order valence-electron chi connectivity index (χ1n) is 3.12. The van der Waals surface area contributed by atoms with Gasteiger partial charge in [-0.1, -0.05) is 0 Å². The Hall–Kier alpha value is -1.78. The van der Waals surface area contributed by atoms with Crippen molar-refractivity contribution < 1.29 is 0 Å². The lowest BCUT2D eigenvalue weighted by molar-refractivity contribution is 1.22. The summed E-state index contributed by atoms with van der Waals surface area (Å²) in [5.74, 6) is 0.249. The average Bonchev–Trinajstić information content (AvgIpc) is 2.32. The first kappa shape index (κ1) is 5.96. The summed E-state index contributed by atoms with van der Waals surface area (Å²) in [5.41, 5.74) is 12.2. The van der Waals surface area contributed by atoms with Crippen LogP contribution < -0.4 is 11.5 Å². The van der Waals surface area contributed by atoms with E-state index in [1.807, 2.05) is 0 Å². The van der Waals surface area contributed by atoms with Gasteiger partial charge in [-0.15, -0.1) is 0 Å². The quantitative estimate of drug-likeness (QED) is 0.496. The lowest BCUT2D eigenvalue weighted by Crippen LogP contribution is -1.93. The second kappa shape index (κ2) is 1.85. The molecule has 0 atom stereocenters. The van der Waals surface area contributed by atoms with E-state index >= 15 is 0 Å². The Kier molecular flexibility index (Phi) is 1.00. The van der Waals surface area contributed by atoms with Gasteiger partial charge in [-0.3, -0.25) is 0 Å². The van der Waals surface area contributed by atoms with Gasteiger partial charge in [-0.25, -0.2) is 4.98 Å². The number of anilines is 2. The predicted molar refractivity (Wildman–Crippen MR) is 42.7 cm³/mol. The number of nitrogens with zero attached hydrogens (tertiary/aromatic N) is 2. The molecule has 2 aromatic rings. The molecule has 0 aromatic carbocycles. The SMILES string of the molecule is Nc1ncc2c(N)c[nH]c2n1. The minimum Gasteiger partial charge on any atom is -0.397 e. The van der Waals surface area contributed by atoms with Crippen molar-refractivity contribution in [1.82, 2.24) is 15.0 Å². The van der Waals surface area contributed by atoms with Gasteiger partial charge in [0.15, 0.2) is 0 Å². The Labute approximate surface area is 62.4 Å². The highest BCUT2D eigenvalue weighted by atomic mass is 15.0. The fraction of sp³-hybridized carbons (Fsp3) is 0. The van der Waals surface area contributed by atoms with Crippen molar-refractivity contribution in [3.8, 4) is 0 Å². The van der Waals surface area contributed by atoms with Gasteiger partial charge in [0.1, 0.15) is 5.65 Å². The maximum Gasteiger partial charge on any atom is 0.221 e. The van der Waals surface area contributed by atoms with Gasteiger partial charge in [0.2, 0.25) is 5.95 Å². The topological polar surface area (TPSA) is 93.6 Å². The van der Waals surface area contributed by atoms with E-state index in [1.165, 1.54) is 0 Å². The van der Waals surface area contributed by atoms with Crippen molar-refractivity contribution in [3.63, 3.8) is 0 Å². The normalized spacial score (nSPS) is 10.5. The van der Waals surface area contributed by atoms with E-state index < -0.39 is 0 Å². The zero-order valence-electron chi connectivity index (χ0n) is 5.70. The molecular formula is C6H7N5. The minimum absolute atomic E-state index is 0.249.